The quantitative estimate of drug-likeness (QED) is 0.771. The molecular weight excluding hydrogens is 260 g/mol. The Bertz CT molecular complexity index is 482. The van der Waals surface area contributed by atoms with Crippen molar-refractivity contribution in [3.63, 3.8) is 0 Å². The van der Waals surface area contributed by atoms with Gasteiger partial charge in [-0.1, -0.05) is 0 Å². The van der Waals surface area contributed by atoms with E-state index in [0.717, 1.165) is 0 Å². The number of carboxylic acid groups (broad SMARTS) is 1. The van der Waals surface area contributed by atoms with Crippen LogP contribution in [0.25, 0.3) is 0 Å². The van der Waals surface area contributed by atoms with Gasteiger partial charge >= 0.3 is 12.0 Å². The van der Waals surface area contributed by atoms with E-state index in [4.69, 9.17) is 5.11 Å². The van der Waals surface area contributed by atoms with Crippen LogP contribution in [0.1, 0.15) is 26.7 Å². The standard InChI is InChI=1S/C14H20N2O4/c1-14(2,9-8-12(18)19)15-13(20)16(3)10-4-6-11(17)7-5-10/h4-7,17H,8-9H2,1-3H3,(H,15,20)(H,18,19). The Hall–Kier alpha value is -2.24. The normalized spacial score (nSPS) is 10.9. The van der Waals surface area contributed by atoms with Gasteiger partial charge in [-0.2, -0.15) is 0 Å². The van der Waals surface area contributed by atoms with Gasteiger partial charge in [0.1, 0.15) is 5.75 Å². The Morgan fingerprint density at radius 1 is 1.25 bits per heavy atom. The van der Waals surface area contributed by atoms with E-state index in [0.29, 0.717) is 12.1 Å². The summed E-state index contributed by atoms with van der Waals surface area (Å²) in [5.41, 5.74) is 0.0232. The summed E-state index contributed by atoms with van der Waals surface area (Å²) in [6, 6.07) is 5.91. The van der Waals surface area contributed by atoms with Crippen LogP contribution in [0.15, 0.2) is 24.3 Å². The molecule has 6 heteroatoms. The highest BCUT2D eigenvalue weighted by molar-refractivity contribution is 5.91. The van der Waals surface area contributed by atoms with Gasteiger partial charge in [0, 0.05) is 24.7 Å². The lowest BCUT2D eigenvalue weighted by atomic mass is 9.99. The van der Waals surface area contributed by atoms with Crippen LogP contribution in [0.3, 0.4) is 0 Å². The van der Waals surface area contributed by atoms with Crippen molar-refractivity contribution in [2.45, 2.75) is 32.2 Å². The van der Waals surface area contributed by atoms with Crippen molar-refractivity contribution >= 4 is 17.7 Å². The average Bonchev–Trinajstić information content (AvgIpc) is 2.36. The Kier molecular flexibility index (Phi) is 4.96. The third kappa shape index (κ3) is 4.79. The number of phenols is 1. The Morgan fingerprint density at radius 2 is 1.80 bits per heavy atom. The number of carbonyl (C=O) groups excluding carboxylic acids is 1. The van der Waals surface area contributed by atoms with Crippen molar-refractivity contribution in [2.24, 2.45) is 0 Å². The minimum atomic E-state index is -0.890. The van der Waals surface area contributed by atoms with E-state index in [9.17, 15) is 14.7 Å². The highest BCUT2D eigenvalue weighted by Crippen LogP contribution is 2.18. The topological polar surface area (TPSA) is 89.9 Å². The summed E-state index contributed by atoms with van der Waals surface area (Å²) < 4.78 is 0. The molecule has 0 aliphatic heterocycles. The first-order valence-corrected chi connectivity index (χ1v) is 6.28. The fraction of sp³-hybridized carbons (Fsp3) is 0.429. The number of nitrogens with zero attached hydrogens (tertiary/aromatic N) is 1. The van der Waals surface area contributed by atoms with Crippen LogP contribution >= 0.6 is 0 Å². The van der Waals surface area contributed by atoms with E-state index in [1.807, 2.05) is 0 Å². The maximum atomic E-state index is 12.1. The van der Waals surface area contributed by atoms with E-state index >= 15 is 0 Å². The lowest BCUT2D eigenvalue weighted by Gasteiger charge is -2.29. The number of hydrogen-bond acceptors (Lipinski definition) is 3. The van der Waals surface area contributed by atoms with Crippen LogP contribution < -0.4 is 10.2 Å². The molecular formula is C14H20N2O4. The molecule has 2 amide bonds. The molecule has 0 aromatic heterocycles. The van der Waals surface area contributed by atoms with Gasteiger partial charge < -0.3 is 15.5 Å². The molecule has 0 aliphatic carbocycles. The summed E-state index contributed by atoms with van der Waals surface area (Å²) in [7, 11) is 1.61. The molecule has 110 valence electrons. The molecule has 1 aromatic carbocycles. The van der Waals surface area contributed by atoms with Crippen LogP contribution in [0.5, 0.6) is 5.75 Å². The van der Waals surface area contributed by atoms with Crippen LogP contribution in [0.4, 0.5) is 10.5 Å². The number of hydrogen-bond donors (Lipinski definition) is 3. The first-order valence-electron chi connectivity index (χ1n) is 6.28. The van der Waals surface area contributed by atoms with Crippen molar-refractivity contribution in [3.05, 3.63) is 24.3 Å². The second kappa shape index (κ2) is 6.27. The molecule has 0 aliphatic rings. The van der Waals surface area contributed by atoms with Crippen LogP contribution in [0, 0.1) is 0 Å². The molecule has 0 atom stereocenters. The number of aliphatic carboxylic acids is 1. The van der Waals surface area contributed by atoms with Gasteiger partial charge in [-0.05, 0) is 44.5 Å². The van der Waals surface area contributed by atoms with Gasteiger partial charge in [0.05, 0.1) is 0 Å². The number of rotatable bonds is 5. The van der Waals surface area contributed by atoms with Crippen molar-refractivity contribution in [1.29, 1.82) is 0 Å². The van der Waals surface area contributed by atoms with Gasteiger partial charge in [0.15, 0.2) is 0 Å². The zero-order valence-electron chi connectivity index (χ0n) is 11.9. The highest BCUT2D eigenvalue weighted by atomic mass is 16.4. The third-order valence-corrected chi connectivity index (χ3v) is 2.95. The highest BCUT2D eigenvalue weighted by Gasteiger charge is 2.23. The van der Waals surface area contributed by atoms with Crippen LogP contribution in [0.2, 0.25) is 0 Å². The molecule has 0 saturated heterocycles. The van der Waals surface area contributed by atoms with Crippen LogP contribution in [-0.4, -0.2) is 34.8 Å². The number of anilines is 1. The van der Waals surface area contributed by atoms with Gasteiger partial charge in [-0.15, -0.1) is 0 Å². The summed E-state index contributed by atoms with van der Waals surface area (Å²) in [6.45, 7) is 3.55. The molecule has 0 saturated carbocycles. The average molecular weight is 280 g/mol. The summed E-state index contributed by atoms with van der Waals surface area (Å²) >= 11 is 0. The molecule has 1 aromatic rings. The number of carbonyl (C=O) groups is 2. The smallest absolute Gasteiger partial charge is 0.322 e. The fourth-order valence-electron chi connectivity index (χ4n) is 1.65. The lowest BCUT2D eigenvalue weighted by molar-refractivity contribution is -0.137. The summed E-state index contributed by atoms with van der Waals surface area (Å²) in [5.74, 6) is -0.761. The van der Waals surface area contributed by atoms with E-state index in [2.05, 4.69) is 5.32 Å². The molecule has 3 N–H and O–H groups in total. The first-order chi connectivity index (χ1) is 9.21. The van der Waals surface area contributed by atoms with E-state index < -0.39 is 11.5 Å². The third-order valence-electron chi connectivity index (χ3n) is 2.95. The number of carboxylic acids is 1. The number of urea groups is 1. The van der Waals surface area contributed by atoms with E-state index in [1.165, 1.54) is 17.0 Å². The maximum absolute atomic E-state index is 12.1. The molecule has 6 nitrogen and oxygen atoms in total. The predicted molar refractivity (Wildman–Crippen MR) is 76.0 cm³/mol. The van der Waals surface area contributed by atoms with Gasteiger partial charge in [0.25, 0.3) is 0 Å². The van der Waals surface area contributed by atoms with Crippen molar-refractivity contribution < 1.29 is 19.8 Å². The molecule has 0 radical (unpaired) electrons. The van der Waals surface area contributed by atoms with Crippen molar-refractivity contribution in [3.8, 4) is 5.75 Å². The van der Waals surface area contributed by atoms with Gasteiger partial charge in [-0.3, -0.25) is 9.69 Å². The van der Waals surface area contributed by atoms with Gasteiger partial charge in [-0.25, -0.2) is 4.79 Å². The second-order valence-electron chi connectivity index (χ2n) is 5.28. The molecule has 20 heavy (non-hydrogen) atoms. The number of nitrogens with one attached hydrogen (secondary N) is 1. The Balaban J connectivity index is 2.65. The monoisotopic (exact) mass is 280 g/mol. The van der Waals surface area contributed by atoms with E-state index in [-0.39, 0.29) is 18.2 Å². The first kappa shape index (κ1) is 15.8. The Labute approximate surface area is 118 Å². The minimum absolute atomic E-state index is 0.00377. The molecule has 0 unspecified atom stereocenters. The molecule has 0 heterocycles. The lowest BCUT2D eigenvalue weighted by Crippen LogP contribution is -2.49. The van der Waals surface area contributed by atoms with E-state index in [1.54, 1.807) is 33.0 Å². The minimum Gasteiger partial charge on any atom is -0.508 e. The summed E-state index contributed by atoms with van der Waals surface area (Å²) in [6.07, 6.45) is 0.341. The fourth-order valence-corrected chi connectivity index (χ4v) is 1.65. The largest absolute Gasteiger partial charge is 0.508 e. The number of aromatic hydroxyl groups is 1. The van der Waals surface area contributed by atoms with Crippen molar-refractivity contribution in [1.82, 2.24) is 5.32 Å². The number of amides is 2. The number of phenolic OH excluding ortho intramolecular Hbond substituents is 1. The second-order valence-corrected chi connectivity index (χ2v) is 5.28. The van der Waals surface area contributed by atoms with Crippen LogP contribution in [-0.2, 0) is 4.79 Å². The Morgan fingerprint density at radius 3 is 2.30 bits per heavy atom. The SMILES string of the molecule is CN(C(=O)NC(C)(C)CCC(=O)O)c1ccc(O)cc1. The van der Waals surface area contributed by atoms with Crippen molar-refractivity contribution in [2.75, 3.05) is 11.9 Å². The predicted octanol–water partition coefficient (Wildman–Crippen LogP) is 2.18. The molecule has 0 fully saturated rings. The zero-order chi connectivity index (χ0) is 15.3. The summed E-state index contributed by atoms with van der Waals surface area (Å²) in [4.78, 5) is 24.1. The van der Waals surface area contributed by atoms with Gasteiger partial charge in [0.2, 0.25) is 0 Å². The maximum Gasteiger partial charge on any atom is 0.322 e. The molecule has 0 spiro atoms. The number of benzene rings is 1. The molecule has 0 bridgehead atoms. The molecule has 1 rings (SSSR count). The zero-order valence-corrected chi connectivity index (χ0v) is 11.9. The summed E-state index contributed by atoms with van der Waals surface area (Å²) in [5, 5.41) is 20.7.